The molecule has 8 rings (SSSR count). The average Bonchev–Trinajstić information content (AvgIpc) is 3.58. The number of allylic oxidation sites excluding steroid dienone is 3. The number of hydrogen-bond acceptors (Lipinski definition) is 6. The fourth-order valence-electron chi connectivity index (χ4n) is 6.79. The van der Waals surface area contributed by atoms with E-state index >= 15 is 0 Å². The van der Waals surface area contributed by atoms with Gasteiger partial charge in [-0.3, -0.25) is 4.90 Å². The summed E-state index contributed by atoms with van der Waals surface area (Å²) in [7, 11) is 0. The van der Waals surface area contributed by atoms with E-state index in [0.29, 0.717) is 11.8 Å². The van der Waals surface area contributed by atoms with Crippen molar-refractivity contribution >= 4 is 34.9 Å². The van der Waals surface area contributed by atoms with E-state index in [1.54, 1.807) is 11.8 Å². The molecule has 0 radical (unpaired) electrons. The van der Waals surface area contributed by atoms with Crippen LogP contribution in [0.5, 0.6) is 11.5 Å². The van der Waals surface area contributed by atoms with Gasteiger partial charge in [0.1, 0.15) is 23.4 Å². The van der Waals surface area contributed by atoms with Crippen molar-refractivity contribution in [1.82, 2.24) is 4.98 Å². The van der Waals surface area contributed by atoms with Gasteiger partial charge in [0.15, 0.2) is 0 Å². The second kappa shape index (κ2) is 10.4. The molecule has 44 heavy (non-hydrogen) atoms. The summed E-state index contributed by atoms with van der Waals surface area (Å²) in [6.07, 6.45) is 11.9. The second-order valence-corrected chi connectivity index (χ2v) is 14.2. The Labute approximate surface area is 263 Å². The first-order chi connectivity index (χ1) is 21.3. The van der Waals surface area contributed by atoms with E-state index in [0.717, 1.165) is 57.0 Å². The Morgan fingerprint density at radius 1 is 0.886 bits per heavy atom. The summed E-state index contributed by atoms with van der Waals surface area (Å²) >= 11 is 1.78. The molecule has 4 atom stereocenters. The van der Waals surface area contributed by atoms with E-state index in [4.69, 9.17) is 19.5 Å². The quantitative estimate of drug-likeness (QED) is 0.206. The Kier molecular flexibility index (Phi) is 6.45. The normalized spacial score (nSPS) is 22.9. The maximum atomic E-state index is 6.57. The van der Waals surface area contributed by atoms with E-state index in [2.05, 4.69) is 130 Å². The van der Waals surface area contributed by atoms with E-state index in [1.807, 2.05) is 6.20 Å². The summed E-state index contributed by atoms with van der Waals surface area (Å²) in [6, 6.07) is 25.6. The third kappa shape index (κ3) is 4.82. The van der Waals surface area contributed by atoms with E-state index < -0.39 is 0 Å². The first-order valence-electron chi connectivity index (χ1n) is 15.4. The number of aliphatic imine (C=N–C) groups is 1. The molecular weight excluding hydrogens is 563 g/mol. The molecule has 2 aliphatic heterocycles. The third-order valence-electron chi connectivity index (χ3n) is 8.98. The Morgan fingerprint density at radius 2 is 1.73 bits per heavy atom. The van der Waals surface area contributed by atoms with Crippen LogP contribution in [0.15, 0.2) is 118 Å². The minimum atomic E-state index is 0.0102. The van der Waals surface area contributed by atoms with Crippen molar-refractivity contribution in [3.05, 3.63) is 120 Å². The summed E-state index contributed by atoms with van der Waals surface area (Å²) in [6.45, 7) is 8.79. The van der Waals surface area contributed by atoms with Crippen LogP contribution in [0, 0.1) is 18.8 Å². The second-order valence-electron chi connectivity index (χ2n) is 13.2. The number of fused-ring (bicyclic) bond motifs is 5. The van der Waals surface area contributed by atoms with Gasteiger partial charge in [-0.25, -0.2) is 9.98 Å². The van der Waals surface area contributed by atoms with E-state index in [9.17, 15) is 0 Å². The zero-order valence-electron chi connectivity index (χ0n) is 25.4. The van der Waals surface area contributed by atoms with Crippen LogP contribution in [0.3, 0.4) is 0 Å². The van der Waals surface area contributed by atoms with Crippen molar-refractivity contribution in [2.75, 3.05) is 4.90 Å². The smallest absolute Gasteiger partial charge is 0.217 e. The molecule has 1 saturated carbocycles. The molecule has 0 bridgehead atoms. The standard InChI is InChI=1S/C38H35N3O2S/c1-23-17-25(37-40-36-29-10-6-5-9-24(29)20-32(36)43-37)19-28(18-23)42-27-13-14-34-31(22-27)41(30-11-7-8-12-33(30)44-34)35-21-26(15-16-39-35)38(2,3)4/h5-19,21-22,24,29,32,36H,20H2,1-4H3/t24?,29?,32-,36+/m0/s1. The minimum Gasteiger partial charge on any atom is -0.472 e. The van der Waals surface area contributed by atoms with Gasteiger partial charge in [0.2, 0.25) is 5.90 Å². The molecule has 5 nitrogen and oxygen atoms in total. The van der Waals surface area contributed by atoms with Gasteiger partial charge in [0.05, 0.1) is 17.4 Å². The molecule has 4 aliphatic rings. The molecule has 1 aromatic heterocycles. The molecule has 1 fully saturated rings. The predicted molar refractivity (Wildman–Crippen MR) is 178 cm³/mol. The largest absolute Gasteiger partial charge is 0.472 e. The number of aryl methyl sites for hydroxylation is 1. The summed E-state index contributed by atoms with van der Waals surface area (Å²) in [5, 5.41) is 0. The fraction of sp³-hybridized carbons (Fsp3) is 0.263. The molecule has 4 aromatic rings. The lowest BCUT2D eigenvalue weighted by Gasteiger charge is -2.33. The molecule has 0 spiro atoms. The fourth-order valence-corrected chi connectivity index (χ4v) is 7.82. The Morgan fingerprint density at radius 3 is 2.61 bits per heavy atom. The molecule has 0 amide bonds. The van der Waals surface area contributed by atoms with Crippen molar-refractivity contribution < 1.29 is 9.47 Å². The van der Waals surface area contributed by atoms with Gasteiger partial charge < -0.3 is 9.47 Å². The molecule has 2 unspecified atom stereocenters. The highest BCUT2D eigenvalue weighted by Gasteiger charge is 2.47. The van der Waals surface area contributed by atoms with Crippen LogP contribution in [0.1, 0.15) is 43.9 Å². The highest BCUT2D eigenvalue weighted by Crippen LogP contribution is 2.52. The topological polar surface area (TPSA) is 47.0 Å². The first kappa shape index (κ1) is 27.3. The Bertz CT molecular complexity index is 1870. The summed E-state index contributed by atoms with van der Waals surface area (Å²) in [4.78, 5) is 14.5. The molecule has 6 heteroatoms. The predicted octanol–water partition coefficient (Wildman–Crippen LogP) is 9.69. The van der Waals surface area contributed by atoms with Crippen LogP contribution in [-0.4, -0.2) is 23.0 Å². The van der Waals surface area contributed by atoms with Crippen molar-refractivity contribution in [3.8, 4) is 11.5 Å². The number of rotatable bonds is 4. The maximum Gasteiger partial charge on any atom is 0.217 e. The maximum absolute atomic E-state index is 6.57. The van der Waals surface area contributed by atoms with E-state index in [-0.39, 0.29) is 17.6 Å². The number of para-hydroxylation sites is 1. The molecule has 3 heterocycles. The van der Waals surface area contributed by atoms with E-state index in [1.165, 1.54) is 10.5 Å². The minimum absolute atomic E-state index is 0.0102. The summed E-state index contributed by atoms with van der Waals surface area (Å²) in [5.74, 6) is 4.10. The van der Waals surface area contributed by atoms with Crippen LogP contribution in [-0.2, 0) is 10.2 Å². The molecule has 3 aromatic carbocycles. The highest BCUT2D eigenvalue weighted by atomic mass is 32.2. The zero-order chi connectivity index (χ0) is 30.0. The van der Waals surface area contributed by atoms with Crippen LogP contribution in [0.25, 0.3) is 0 Å². The summed E-state index contributed by atoms with van der Waals surface area (Å²) in [5.41, 5.74) is 5.49. The lowest BCUT2D eigenvalue weighted by atomic mass is 9.88. The Balaban J connectivity index is 1.12. The molecule has 220 valence electrons. The number of aromatic nitrogens is 1. The number of pyridine rings is 1. The van der Waals surface area contributed by atoms with Crippen LogP contribution in [0.2, 0.25) is 0 Å². The summed E-state index contributed by atoms with van der Waals surface area (Å²) < 4.78 is 13.0. The molecular formula is C38H35N3O2S. The first-order valence-corrected chi connectivity index (χ1v) is 16.2. The molecule has 2 aliphatic carbocycles. The SMILES string of the molecule is Cc1cc(Oc2ccc3c(c2)N(c2cc(C(C)(C)C)ccn2)c2ccccc2S3)cc(C2=N[C@@H]3C4C=CC=CC4C[C@@H]3O2)c1. The Hall–Kier alpha value is -4.29. The van der Waals surface area contributed by atoms with Gasteiger partial charge in [0, 0.05) is 33.5 Å². The van der Waals surface area contributed by atoms with Crippen LogP contribution in [0.4, 0.5) is 17.2 Å². The van der Waals surface area contributed by atoms with Gasteiger partial charge in [-0.05, 0) is 90.4 Å². The lowest BCUT2D eigenvalue weighted by Crippen LogP contribution is -2.20. The molecule has 0 N–H and O–H groups in total. The van der Waals surface area contributed by atoms with Crippen LogP contribution >= 0.6 is 11.8 Å². The van der Waals surface area contributed by atoms with Crippen molar-refractivity contribution in [2.24, 2.45) is 16.8 Å². The number of benzene rings is 3. The van der Waals surface area contributed by atoms with Gasteiger partial charge in [-0.2, -0.15) is 0 Å². The number of nitrogens with zero attached hydrogens (tertiary/aromatic N) is 3. The molecule has 0 saturated heterocycles. The lowest BCUT2D eigenvalue weighted by molar-refractivity contribution is 0.206. The van der Waals surface area contributed by atoms with Crippen molar-refractivity contribution in [3.63, 3.8) is 0 Å². The van der Waals surface area contributed by atoms with Crippen molar-refractivity contribution in [2.45, 2.75) is 61.5 Å². The number of ether oxygens (including phenoxy) is 2. The van der Waals surface area contributed by atoms with Gasteiger partial charge in [-0.1, -0.05) is 69.0 Å². The van der Waals surface area contributed by atoms with Crippen LogP contribution < -0.4 is 9.64 Å². The zero-order valence-corrected chi connectivity index (χ0v) is 26.2. The average molecular weight is 598 g/mol. The number of anilines is 3. The number of hydrogen-bond donors (Lipinski definition) is 0. The monoisotopic (exact) mass is 597 g/mol. The third-order valence-corrected chi connectivity index (χ3v) is 10.1. The van der Waals surface area contributed by atoms with Gasteiger partial charge in [0.25, 0.3) is 0 Å². The van der Waals surface area contributed by atoms with Gasteiger partial charge >= 0.3 is 0 Å². The van der Waals surface area contributed by atoms with Crippen molar-refractivity contribution in [1.29, 1.82) is 0 Å². The highest BCUT2D eigenvalue weighted by molar-refractivity contribution is 7.99. The van der Waals surface area contributed by atoms with Gasteiger partial charge in [-0.15, -0.1) is 0 Å².